The van der Waals surface area contributed by atoms with Crippen LogP contribution in [0, 0.1) is 6.92 Å². The lowest BCUT2D eigenvalue weighted by Gasteiger charge is -2.33. The summed E-state index contributed by atoms with van der Waals surface area (Å²) in [4.78, 5) is 24.2. The number of carbonyl (C=O) groups excluding carboxylic acids is 2. The van der Waals surface area contributed by atoms with E-state index >= 15 is 0 Å². The van der Waals surface area contributed by atoms with E-state index in [1.54, 1.807) is 25.1 Å². The van der Waals surface area contributed by atoms with Gasteiger partial charge in [0.1, 0.15) is 0 Å². The van der Waals surface area contributed by atoms with Crippen LogP contribution in [0.15, 0.2) is 42.5 Å². The molecule has 0 radical (unpaired) electrons. The smallest absolute Gasteiger partial charge is 0.313 e. The van der Waals surface area contributed by atoms with Crippen molar-refractivity contribution in [2.24, 2.45) is 0 Å². The monoisotopic (exact) mass is 372 g/mol. The number of nitrogens with one attached hydrogen (secondary N) is 2. The molecule has 1 aliphatic rings. The van der Waals surface area contributed by atoms with Gasteiger partial charge in [0.05, 0.1) is 5.60 Å². The molecule has 136 valence electrons. The van der Waals surface area contributed by atoms with Gasteiger partial charge in [0.25, 0.3) is 0 Å². The van der Waals surface area contributed by atoms with Crippen LogP contribution in [0.25, 0.3) is 0 Å². The maximum atomic E-state index is 12.1. The Balaban J connectivity index is 1.58. The zero-order valence-corrected chi connectivity index (χ0v) is 15.3. The molecule has 0 saturated carbocycles. The van der Waals surface area contributed by atoms with Crippen molar-refractivity contribution in [3.8, 4) is 0 Å². The molecule has 2 aromatic rings. The van der Waals surface area contributed by atoms with Gasteiger partial charge in [-0.3, -0.25) is 9.59 Å². The maximum Gasteiger partial charge on any atom is 0.313 e. The second-order valence-corrected chi connectivity index (χ2v) is 7.13. The molecule has 1 atom stereocenters. The highest BCUT2D eigenvalue weighted by Gasteiger charge is 2.33. The first-order valence-electron chi connectivity index (χ1n) is 8.51. The highest BCUT2D eigenvalue weighted by molar-refractivity contribution is 6.40. The molecular weight excluding hydrogens is 352 g/mol. The molecule has 1 aliphatic carbocycles. The van der Waals surface area contributed by atoms with E-state index in [1.165, 1.54) is 5.56 Å². The third kappa shape index (κ3) is 4.06. The van der Waals surface area contributed by atoms with Gasteiger partial charge in [-0.05, 0) is 48.6 Å². The summed E-state index contributed by atoms with van der Waals surface area (Å²) in [6.07, 6.45) is 1.74. The number of aryl methyl sites for hydroxylation is 1. The lowest BCUT2D eigenvalue weighted by atomic mass is 9.80. The number of hydrogen-bond acceptors (Lipinski definition) is 3. The minimum absolute atomic E-state index is 0.0299. The van der Waals surface area contributed by atoms with Gasteiger partial charge in [-0.2, -0.15) is 0 Å². The molecule has 0 spiro atoms. The second kappa shape index (κ2) is 7.48. The van der Waals surface area contributed by atoms with E-state index in [2.05, 4.69) is 10.6 Å². The fourth-order valence-electron chi connectivity index (χ4n) is 3.18. The molecule has 0 heterocycles. The number of hydrogen-bond donors (Lipinski definition) is 3. The fraction of sp³-hybridized carbons (Fsp3) is 0.300. The van der Waals surface area contributed by atoms with E-state index in [-0.39, 0.29) is 6.54 Å². The fourth-order valence-corrected chi connectivity index (χ4v) is 3.36. The Morgan fingerprint density at radius 2 is 1.85 bits per heavy atom. The predicted molar refractivity (Wildman–Crippen MR) is 101 cm³/mol. The number of carbonyl (C=O) groups is 2. The molecular formula is C20H21ClN2O3. The minimum Gasteiger partial charge on any atom is -0.388 e. The average molecular weight is 373 g/mol. The molecule has 6 heteroatoms. The summed E-state index contributed by atoms with van der Waals surface area (Å²) in [5, 5.41) is 16.4. The minimum atomic E-state index is -1.05. The summed E-state index contributed by atoms with van der Waals surface area (Å²) in [5.41, 5.74) is 2.43. The Morgan fingerprint density at radius 1 is 1.12 bits per heavy atom. The third-order valence-corrected chi connectivity index (χ3v) is 5.21. The number of benzene rings is 2. The van der Waals surface area contributed by atoms with Crippen molar-refractivity contribution in [1.29, 1.82) is 0 Å². The molecule has 3 N–H and O–H groups in total. The highest BCUT2D eigenvalue weighted by Crippen LogP contribution is 2.28. The molecule has 0 saturated heterocycles. The summed E-state index contributed by atoms with van der Waals surface area (Å²) in [6, 6.07) is 13.0. The Hall–Kier alpha value is -2.37. The first-order valence-corrected chi connectivity index (χ1v) is 8.89. The summed E-state index contributed by atoms with van der Waals surface area (Å²) >= 11 is 6.01. The van der Waals surface area contributed by atoms with Crippen molar-refractivity contribution in [2.45, 2.75) is 31.8 Å². The standard InChI is InChI=1S/C20H21ClN2O3/c1-13-16(21)7-4-8-17(13)23-19(25)18(24)22-12-20(26)10-9-14-5-2-3-6-15(14)11-20/h2-8,26H,9-12H2,1H3,(H,22,24)(H,23,25)/t20-/m1/s1. The molecule has 5 nitrogen and oxygen atoms in total. The van der Waals surface area contributed by atoms with Crippen LogP contribution in [0.3, 0.4) is 0 Å². The largest absolute Gasteiger partial charge is 0.388 e. The number of aliphatic hydroxyl groups is 1. The maximum absolute atomic E-state index is 12.1. The molecule has 0 aromatic heterocycles. The molecule has 0 unspecified atom stereocenters. The number of amides is 2. The summed E-state index contributed by atoms with van der Waals surface area (Å²) in [6.45, 7) is 1.79. The Morgan fingerprint density at radius 3 is 2.62 bits per heavy atom. The summed E-state index contributed by atoms with van der Waals surface area (Å²) in [7, 11) is 0. The van der Waals surface area contributed by atoms with Gasteiger partial charge in [-0.1, -0.05) is 41.9 Å². The Kier molecular flexibility index (Phi) is 5.30. The molecule has 26 heavy (non-hydrogen) atoms. The van der Waals surface area contributed by atoms with Crippen LogP contribution in [0.2, 0.25) is 5.02 Å². The van der Waals surface area contributed by atoms with Crippen LogP contribution in [-0.2, 0) is 22.4 Å². The molecule has 0 bridgehead atoms. The molecule has 0 aliphatic heterocycles. The van der Waals surface area contributed by atoms with E-state index < -0.39 is 17.4 Å². The average Bonchev–Trinajstić information content (AvgIpc) is 2.63. The van der Waals surface area contributed by atoms with Crippen LogP contribution in [0.1, 0.15) is 23.1 Å². The normalized spacial score (nSPS) is 18.7. The van der Waals surface area contributed by atoms with E-state index in [0.717, 1.165) is 12.0 Å². The quantitative estimate of drug-likeness (QED) is 0.725. The molecule has 0 fully saturated rings. The van der Waals surface area contributed by atoms with Crippen molar-refractivity contribution in [2.75, 3.05) is 11.9 Å². The highest BCUT2D eigenvalue weighted by atomic mass is 35.5. The van der Waals surface area contributed by atoms with E-state index in [9.17, 15) is 14.7 Å². The van der Waals surface area contributed by atoms with E-state index in [4.69, 9.17) is 11.6 Å². The van der Waals surface area contributed by atoms with Crippen molar-refractivity contribution in [3.63, 3.8) is 0 Å². The van der Waals surface area contributed by atoms with Crippen LogP contribution in [0.4, 0.5) is 5.69 Å². The zero-order valence-electron chi connectivity index (χ0n) is 14.5. The Bertz CT molecular complexity index is 853. The van der Waals surface area contributed by atoms with Gasteiger partial charge in [0, 0.05) is 23.7 Å². The molecule has 2 aromatic carbocycles. The van der Waals surface area contributed by atoms with Crippen molar-refractivity contribution in [1.82, 2.24) is 5.32 Å². The number of halogens is 1. The molecule has 2 amide bonds. The Labute approximate surface area is 157 Å². The van der Waals surface area contributed by atoms with Gasteiger partial charge in [-0.15, -0.1) is 0 Å². The lowest BCUT2D eigenvalue weighted by Crippen LogP contribution is -2.49. The first kappa shape index (κ1) is 18.4. The second-order valence-electron chi connectivity index (χ2n) is 6.72. The third-order valence-electron chi connectivity index (χ3n) is 4.80. The van der Waals surface area contributed by atoms with Crippen molar-refractivity contribution < 1.29 is 14.7 Å². The number of rotatable bonds is 3. The van der Waals surface area contributed by atoms with Crippen molar-refractivity contribution in [3.05, 3.63) is 64.2 Å². The topological polar surface area (TPSA) is 78.4 Å². The van der Waals surface area contributed by atoms with Crippen molar-refractivity contribution >= 4 is 29.1 Å². The van der Waals surface area contributed by atoms with Crippen LogP contribution < -0.4 is 10.6 Å². The van der Waals surface area contributed by atoms with Gasteiger partial charge >= 0.3 is 11.8 Å². The van der Waals surface area contributed by atoms with Crippen LogP contribution >= 0.6 is 11.6 Å². The van der Waals surface area contributed by atoms with E-state index in [0.29, 0.717) is 29.1 Å². The first-order chi connectivity index (χ1) is 12.4. The van der Waals surface area contributed by atoms with Gasteiger partial charge in [0.15, 0.2) is 0 Å². The summed E-state index contributed by atoms with van der Waals surface area (Å²) < 4.78 is 0. The zero-order chi connectivity index (χ0) is 18.7. The number of fused-ring (bicyclic) bond motifs is 1. The van der Waals surface area contributed by atoms with Gasteiger partial charge in [0.2, 0.25) is 0 Å². The molecule has 3 rings (SSSR count). The number of anilines is 1. The van der Waals surface area contributed by atoms with Crippen LogP contribution in [-0.4, -0.2) is 29.1 Å². The SMILES string of the molecule is Cc1c(Cl)cccc1NC(=O)C(=O)NC[C@@]1(O)CCc2ccccc2C1. The van der Waals surface area contributed by atoms with Crippen LogP contribution in [0.5, 0.6) is 0 Å². The summed E-state index contributed by atoms with van der Waals surface area (Å²) in [5.74, 6) is -1.56. The lowest BCUT2D eigenvalue weighted by molar-refractivity contribution is -0.136. The van der Waals surface area contributed by atoms with Gasteiger partial charge in [-0.25, -0.2) is 0 Å². The van der Waals surface area contributed by atoms with Gasteiger partial charge < -0.3 is 15.7 Å². The predicted octanol–water partition coefficient (Wildman–Crippen LogP) is 2.62. The van der Waals surface area contributed by atoms with E-state index in [1.807, 2.05) is 24.3 Å².